The number of ether oxygens (including phenoxy) is 4. The summed E-state index contributed by atoms with van der Waals surface area (Å²) >= 11 is 0. The number of carbonyl (C=O) groups excluding carboxylic acids is 3. The van der Waals surface area contributed by atoms with Crippen LogP contribution in [0.5, 0.6) is 0 Å². The van der Waals surface area contributed by atoms with E-state index in [-0.39, 0.29) is 38.6 Å². The molecule has 71 heavy (non-hydrogen) atoms. The lowest BCUT2D eigenvalue weighted by molar-refractivity contribution is -0.870. The number of likely N-dealkylation sites (N-methyl/N-ethyl adjacent to an activating group) is 1. The van der Waals surface area contributed by atoms with Gasteiger partial charge in [0.1, 0.15) is 13.2 Å². The van der Waals surface area contributed by atoms with E-state index in [1.165, 1.54) is 173 Å². The lowest BCUT2D eigenvalue weighted by Gasteiger charge is -2.26. The van der Waals surface area contributed by atoms with Crippen LogP contribution in [0.1, 0.15) is 271 Å². The molecule has 0 heterocycles. The molecule has 0 aliphatic rings. The highest BCUT2D eigenvalue weighted by atomic mass is 16.7. The van der Waals surface area contributed by atoms with E-state index in [2.05, 4.69) is 62.5 Å². The number of carboxylic acid groups (broad SMARTS) is 1. The second-order valence-electron chi connectivity index (χ2n) is 21.3. The second-order valence-corrected chi connectivity index (χ2v) is 21.3. The lowest BCUT2D eigenvalue weighted by atomic mass is 10.0. The maximum atomic E-state index is 12.8. The molecule has 0 spiro atoms. The van der Waals surface area contributed by atoms with Gasteiger partial charge in [0.2, 0.25) is 0 Å². The minimum atomic E-state index is -1.62. The van der Waals surface area contributed by atoms with E-state index in [0.717, 1.165) is 64.2 Å². The molecule has 0 aromatic rings. The van der Waals surface area contributed by atoms with Crippen LogP contribution < -0.4 is 5.11 Å². The van der Waals surface area contributed by atoms with Crippen LogP contribution >= 0.6 is 0 Å². The number of hydrogen-bond acceptors (Lipinski definition) is 8. The molecular formula is C62H113NO8. The van der Waals surface area contributed by atoms with Crippen LogP contribution in [0.3, 0.4) is 0 Å². The summed E-state index contributed by atoms with van der Waals surface area (Å²) in [6.07, 6.45) is 63.2. The van der Waals surface area contributed by atoms with Crippen molar-refractivity contribution in [2.75, 3.05) is 47.5 Å². The summed E-state index contributed by atoms with van der Waals surface area (Å²) in [5.41, 5.74) is 0. The largest absolute Gasteiger partial charge is 0.545 e. The highest BCUT2D eigenvalue weighted by Crippen LogP contribution is 2.16. The van der Waals surface area contributed by atoms with Gasteiger partial charge in [0.15, 0.2) is 12.4 Å². The van der Waals surface area contributed by atoms with E-state index in [1.807, 2.05) is 21.1 Å². The summed E-state index contributed by atoms with van der Waals surface area (Å²) in [4.78, 5) is 37.2. The van der Waals surface area contributed by atoms with Crippen molar-refractivity contribution in [2.24, 2.45) is 0 Å². The Hall–Kier alpha value is -2.75. The molecule has 0 radical (unpaired) electrons. The Morgan fingerprint density at radius 1 is 0.423 bits per heavy atom. The third kappa shape index (κ3) is 54.9. The molecule has 0 rings (SSSR count). The summed E-state index contributed by atoms with van der Waals surface area (Å²) < 4.78 is 22.7. The number of unbranched alkanes of at least 4 members (excludes halogenated alkanes) is 32. The Labute approximate surface area is 438 Å². The first-order chi connectivity index (χ1) is 34.6. The number of carboxylic acids is 1. The van der Waals surface area contributed by atoms with E-state index in [1.54, 1.807) is 0 Å². The van der Waals surface area contributed by atoms with E-state index < -0.39 is 24.3 Å². The Morgan fingerprint density at radius 2 is 0.761 bits per heavy atom. The van der Waals surface area contributed by atoms with Crippen molar-refractivity contribution in [3.8, 4) is 0 Å². The van der Waals surface area contributed by atoms with Gasteiger partial charge < -0.3 is 33.3 Å². The Morgan fingerprint density at radius 3 is 1.15 bits per heavy atom. The topological polar surface area (TPSA) is 111 Å². The smallest absolute Gasteiger partial charge is 0.306 e. The third-order valence-corrected chi connectivity index (χ3v) is 13.0. The quantitative estimate of drug-likeness (QED) is 0.0195. The average Bonchev–Trinajstić information content (AvgIpc) is 3.34. The number of allylic oxidation sites excluding steroid dienone is 8. The minimum Gasteiger partial charge on any atom is -0.545 e. The summed E-state index contributed by atoms with van der Waals surface area (Å²) in [6, 6.07) is 0. The number of aliphatic carboxylic acids is 1. The van der Waals surface area contributed by atoms with Gasteiger partial charge in [-0.05, 0) is 77.0 Å². The molecule has 9 heteroatoms. The molecule has 0 aromatic heterocycles. The fourth-order valence-corrected chi connectivity index (χ4v) is 8.42. The number of quaternary nitrogens is 1. The minimum absolute atomic E-state index is 0.147. The van der Waals surface area contributed by atoms with E-state index in [9.17, 15) is 19.5 Å². The fourth-order valence-electron chi connectivity index (χ4n) is 8.42. The molecule has 0 N–H and O–H groups in total. The Balaban J connectivity index is 4.07. The number of rotatable bonds is 55. The van der Waals surface area contributed by atoms with Crippen LogP contribution in [0.25, 0.3) is 0 Å². The molecule has 0 aliphatic heterocycles. The number of esters is 2. The van der Waals surface area contributed by atoms with Gasteiger partial charge in [-0.15, -0.1) is 0 Å². The molecule has 0 amide bonds. The van der Waals surface area contributed by atoms with Gasteiger partial charge >= 0.3 is 11.9 Å². The van der Waals surface area contributed by atoms with Crippen LogP contribution in [0.15, 0.2) is 48.6 Å². The summed E-state index contributed by atoms with van der Waals surface area (Å²) in [6.45, 7) is 4.73. The first-order valence-corrected chi connectivity index (χ1v) is 29.8. The molecule has 0 saturated heterocycles. The van der Waals surface area contributed by atoms with Gasteiger partial charge in [-0.1, -0.05) is 229 Å². The van der Waals surface area contributed by atoms with Gasteiger partial charge in [0.05, 0.1) is 40.3 Å². The molecule has 414 valence electrons. The van der Waals surface area contributed by atoms with Crippen molar-refractivity contribution in [1.29, 1.82) is 0 Å². The fraction of sp³-hybridized carbons (Fsp3) is 0.823. The molecule has 9 nitrogen and oxygen atoms in total. The molecule has 0 aliphatic carbocycles. The van der Waals surface area contributed by atoms with Crippen molar-refractivity contribution in [1.82, 2.24) is 0 Å². The maximum absolute atomic E-state index is 12.8. The summed E-state index contributed by atoms with van der Waals surface area (Å²) in [5.74, 6) is -2.28. The second kappa shape index (κ2) is 53.5. The molecular weight excluding hydrogens is 887 g/mol. The molecule has 0 bridgehead atoms. The highest BCUT2D eigenvalue weighted by molar-refractivity contribution is 5.70. The zero-order chi connectivity index (χ0) is 52.0. The van der Waals surface area contributed by atoms with Crippen LogP contribution in [0.4, 0.5) is 0 Å². The van der Waals surface area contributed by atoms with Gasteiger partial charge in [-0.2, -0.15) is 0 Å². The molecule has 0 aromatic carbocycles. The predicted octanol–water partition coefficient (Wildman–Crippen LogP) is 16.1. The SMILES string of the molecule is CCCCCC/C=C\CCCCCCCC(=O)OCC(COC(OCC[N+](C)(C)C)C(=O)[O-])OC(=O)CCCCCCCCCCCCCCCCCCCC/C=C\C/C=C\C/C=C\CCCCCCC. The van der Waals surface area contributed by atoms with Crippen molar-refractivity contribution >= 4 is 17.9 Å². The third-order valence-electron chi connectivity index (χ3n) is 13.0. The predicted molar refractivity (Wildman–Crippen MR) is 297 cm³/mol. The van der Waals surface area contributed by atoms with Crippen molar-refractivity contribution in [3.63, 3.8) is 0 Å². The first-order valence-electron chi connectivity index (χ1n) is 29.8. The molecule has 0 saturated carbocycles. The van der Waals surface area contributed by atoms with Crippen LogP contribution in [0, 0.1) is 0 Å². The number of hydrogen-bond donors (Lipinski definition) is 0. The highest BCUT2D eigenvalue weighted by Gasteiger charge is 2.22. The number of carbonyl (C=O) groups is 3. The zero-order valence-electron chi connectivity index (χ0n) is 47.1. The van der Waals surface area contributed by atoms with Crippen molar-refractivity contribution in [2.45, 2.75) is 283 Å². The van der Waals surface area contributed by atoms with Gasteiger partial charge in [-0.25, -0.2) is 0 Å². The number of nitrogens with zero attached hydrogens (tertiary/aromatic N) is 1. The lowest BCUT2D eigenvalue weighted by Crippen LogP contribution is -2.44. The Kier molecular flexibility index (Phi) is 51.5. The molecule has 2 unspecified atom stereocenters. The molecule has 0 fully saturated rings. The standard InChI is InChI=1S/C62H113NO8/c1-6-8-10-12-14-16-18-20-21-22-23-24-25-26-27-28-29-30-31-32-33-34-35-36-37-38-39-41-43-45-47-49-51-53-60(65)71-58(57-70-62(61(66)67)68-55-54-63(3,4)5)56-69-59(64)52-50-48-46-44-42-40-19-17-15-13-11-9-7-2/h17-20,22-23,25-26,58,62H,6-16,21,24,27-57H2,1-5H3/b19-17-,20-18-,23-22-,26-25-. The monoisotopic (exact) mass is 1000 g/mol. The molecule has 2 atom stereocenters. The maximum Gasteiger partial charge on any atom is 0.306 e. The van der Waals surface area contributed by atoms with Crippen LogP contribution in [-0.2, 0) is 33.3 Å². The normalized spacial score (nSPS) is 13.1. The van der Waals surface area contributed by atoms with Gasteiger partial charge in [0, 0.05) is 12.8 Å². The van der Waals surface area contributed by atoms with Crippen molar-refractivity contribution in [3.05, 3.63) is 48.6 Å². The van der Waals surface area contributed by atoms with E-state index >= 15 is 0 Å². The van der Waals surface area contributed by atoms with Gasteiger partial charge in [0.25, 0.3) is 0 Å². The summed E-state index contributed by atoms with van der Waals surface area (Å²) in [5, 5.41) is 11.8. The Bertz CT molecular complexity index is 1300. The van der Waals surface area contributed by atoms with E-state index in [0.29, 0.717) is 17.4 Å². The first kappa shape index (κ1) is 68.2. The van der Waals surface area contributed by atoms with Crippen LogP contribution in [0.2, 0.25) is 0 Å². The van der Waals surface area contributed by atoms with Crippen LogP contribution in [-0.4, -0.2) is 82.3 Å². The average molecular weight is 1000 g/mol. The van der Waals surface area contributed by atoms with E-state index in [4.69, 9.17) is 18.9 Å². The van der Waals surface area contributed by atoms with Gasteiger partial charge in [-0.3, -0.25) is 9.59 Å². The summed E-state index contributed by atoms with van der Waals surface area (Å²) in [7, 11) is 5.92. The van der Waals surface area contributed by atoms with Crippen molar-refractivity contribution < 1.29 is 42.9 Å². The zero-order valence-corrected chi connectivity index (χ0v) is 47.1.